The van der Waals surface area contributed by atoms with Gasteiger partial charge in [0.2, 0.25) is 0 Å². The van der Waals surface area contributed by atoms with E-state index in [0.717, 1.165) is 30.6 Å². The number of amides is 1. The SMILES string of the molecule is CCCCCCCCCCCCN1C(=O)/C(=C/c2c(C)c(C#N)c(=O)n(CCC)c2N2CCOCC2)SC1=S. The number of hydrogen-bond donors (Lipinski definition) is 0. The first-order valence-corrected chi connectivity index (χ1v) is 15.9. The Labute approximate surface area is 243 Å². The van der Waals surface area contributed by atoms with Crippen molar-refractivity contribution in [2.75, 3.05) is 37.7 Å². The molecule has 0 aromatic carbocycles. The van der Waals surface area contributed by atoms with E-state index in [2.05, 4.69) is 17.9 Å². The molecule has 1 aromatic heterocycles. The van der Waals surface area contributed by atoms with E-state index in [-0.39, 0.29) is 17.0 Å². The topological polar surface area (TPSA) is 78.6 Å². The number of pyridine rings is 1. The van der Waals surface area contributed by atoms with Crippen molar-refractivity contribution in [1.82, 2.24) is 9.47 Å². The number of rotatable bonds is 15. The summed E-state index contributed by atoms with van der Waals surface area (Å²) in [5.74, 6) is 0.682. The van der Waals surface area contributed by atoms with E-state index in [1.807, 2.05) is 13.0 Å². The molecule has 39 heavy (non-hydrogen) atoms. The van der Waals surface area contributed by atoms with Gasteiger partial charge in [0.25, 0.3) is 11.5 Å². The summed E-state index contributed by atoms with van der Waals surface area (Å²) >= 11 is 6.92. The first kappa shape index (κ1) is 31.4. The van der Waals surface area contributed by atoms with Gasteiger partial charge in [-0.3, -0.25) is 19.1 Å². The predicted octanol–water partition coefficient (Wildman–Crippen LogP) is 6.40. The Kier molecular flexibility index (Phi) is 13.0. The minimum Gasteiger partial charge on any atom is -0.378 e. The van der Waals surface area contributed by atoms with E-state index in [1.165, 1.54) is 63.1 Å². The number of aromatic nitrogens is 1. The van der Waals surface area contributed by atoms with Crippen LogP contribution in [0, 0.1) is 18.3 Å². The number of nitrogens with zero attached hydrogens (tertiary/aromatic N) is 4. The van der Waals surface area contributed by atoms with Crippen LogP contribution in [-0.2, 0) is 16.1 Å². The van der Waals surface area contributed by atoms with E-state index < -0.39 is 0 Å². The first-order chi connectivity index (χ1) is 18.9. The number of ether oxygens (including phenoxy) is 1. The molecule has 214 valence electrons. The summed E-state index contributed by atoms with van der Waals surface area (Å²) in [6.07, 6.45) is 15.0. The van der Waals surface area contributed by atoms with E-state index in [0.29, 0.717) is 54.2 Å². The Morgan fingerprint density at radius 1 is 0.949 bits per heavy atom. The summed E-state index contributed by atoms with van der Waals surface area (Å²) in [6, 6.07) is 2.11. The molecule has 2 fully saturated rings. The molecule has 0 atom stereocenters. The molecule has 2 aliphatic heterocycles. The average molecular weight is 573 g/mol. The third kappa shape index (κ3) is 8.18. The molecule has 0 aliphatic carbocycles. The molecule has 1 aromatic rings. The van der Waals surface area contributed by atoms with Gasteiger partial charge in [-0.2, -0.15) is 5.26 Å². The largest absolute Gasteiger partial charge is 0.378 e. The summed E-state index contributed by atoms with van der Waals surface area (Å²) < 4.78 is 7.83. The molecule has 0 bridgehead atoms. The fraction of sp³-hybridized carbons (Fsp3) is 0.667. The Balaban J connectivity index is 1.74. The fourth-order valence-corrected chi connectivity index (χ4v) is 6.56. The molecule has 9 heteroatoms. The second kappa shape index (κ2) is 16.2. The number of morpholine rings is 1. The Bertz CT molecular complexity index is 1130. The molecule has 7 nitrogen and oxygen atoms in total. The smallest absolute Gasteiger partial charge is 0.270 e. The number of thiocarbonyl (C=S) groups is 1. The van der Waals surface area contributed by atoms with Crippen LogP contribution >= 0.6 is 24.0 Å². The number of thioether (sulfide) groups is 1. The third-order valence-corrected chi connectivity index (χ3v) is 8.87. The Morgan fingerprint density at radius 3 is 2.15 bits per heavy atom. The van der Waals surface area contributed by atoms with Crippen molar-refractivity contribution in [2.24, 2.45) is 0 Å². The number of anilines is 1. The summed E-state index contributed by atoms with van der Waals surface area (Å²) in [6.45, 7) is 9.63. The molecule has 0 saturated carbocycles. The van der Waals surface area contributed by atoms with E-state index in [9.17, 15) is 14.9 Å². The van der Waals surface area contributed by atoms with Gasteiger partial charge >= 0.3 is 0 Å². The van der Waals surface area contributed by atoms with Crippen LogP contribution < -0.4 is 10.5 Å². The highest BCUT2D eigenvalue weighted by Gasteiger charge is 2.33. The summed E-state index contributed by atoms with van der Waals surface area (Å²) in [5, 5.41) is 9.82. The zero-order chi connectivity index (χ0) is 28.2. The second-order valence-corrected chi connectivity index (χ2v) is 12.1. The van der Waals surface area contributed by atoms with Crippen molar-refractivity contribution in [3.63, 3.8) is 0 Å². The van der Waals surface area contributed by atoms with Gasteiger partial charge in [-0.15, -0.1) is 0 Å². The third-order valence-electron chi connectivity index (χ3n) is 7.49. The van der Waals surface area contributed by atoms with Crippen molar-refractivity contribution in [2.45, 2.75) is 97.9 Å². The predicted molar refractivity (Wildman–Crippen MR) is 165 cm³/mol. The minimum atomic E-state index is -0.274. The summed E-state index contributed by atoms with van der Waals surface area (Å²) in [4.78, 5) is 31.1. The number of unbranched alkanes of at least 4 members (excludes halogenated alkanes) is 9. The van der Waals surface area contributed by atoms with Crippen LogP contribution in [0.2, 0.25) is 0 Å². The maximum Gasteiger partial charge on any atom is 0.270 e. The molecule has 1 amide bonds. The number of carbonyl (C=O) groups excluding carboxylic acids is 1. The van der Waals surface area contributed by atoms with Gasteiger partial charge < -0.3 is 9.64 Å². The van der Waals surface area contributed by atoms with E-state index in [4.69, 9.17) is 17.0 Å². The van der Waals surface area contributed by atoms with Crippen molar-refractivity contribution < 1.29 is 9.53 Å². The van der Waals surface area contributed by atoms with Crippen LogP contribution in [0.4, 0.5) is 5.82 Å². The standard InChI is InChI=1S/C30H44N4O3S2/c1-4-6-7-8-9-10-11-12-13-14-16-34-29(36)26(39-30(34)38)21-24-23(3)25(22-31)28(35)33(15-5-2)27(24)32-17-19-37-20-18-32/h21H,4-20H2,1-3H3/b26-21-. The van der Waals surface area contributed by atoms with Crippen molar-refractivity contribution >= 4 is 46.1 Å². The summed E-state index contributed by atoms with van der Waals surface area (Å²) in [7, 11) is 0. The molecule has 0 radical (unpaired) electrons. The lowest BCUT2D eigenvalue weighted by molar-refractivity contribution is -0.122. The fourth-order valence-electron chi connectivity index (χ4n) is 5.27. The lowest BCUT2D eigenvalue weighted by atomic mass is 10.0. The molecule has 2 saturated heterocycles. The van der Waals surface area contributed by atoms with Gasteiger partial charge in [0.15, 0.2) is 0 Å². The molecule has 0 N–H and O–H groups in total. The van der Waals surface area contributed by atoms with E-state index in [1.54, 1.807) is 16.4 Å². The van der Waals surface area contributed by atoms with Crippen LogP contribution in [0.15, 0.2) is 9.70 Å². The van der Waals surface area contributed by atoms with Gasteiger partial charge in [0, 0.05) is 31.7 Å². The quantitative estimate of drug-likeness (QED) is 0.137. The monoisotopic (exact) mass is 572 g/mol. The minimum absolute atomic E-state index is 0.0833. The molecular weight excluding hydrogens is 528 g/mol. The molecular formula is C30H44N4O3S2. The van der Waals surface area contributed by atoms with Gasteiger partial charge in [-0.05, 0) is 31.4 Å². The maximum atomic E-state index is 13.4. The maximum absolute atomic E-state index is 13.4. The summed E-state index contributed by atoms with van der Waals surface area (Å²) in [5.41, 5.74) is 1.22. The van der Waals surface area contributed by atoms with Crippen LogP contribution in [0.5, 0.6) is 0 Å². The zero-order valence-corrected chi connectivity index (χ0v) is 25.6. The van der Waals surface area contributed by atoms with Gasteiger partial charge in [0.1, 0.15) is 21.8 Å². The zero-order valence-electron chi connectivity index (χ0n) is 23.9. The highest BCUT2D eigenvalue weighted by Crippen LogP contribution is 2.36. The number of carbonyl (C=O) groups is 1. The molecule has 0 spiro atoms. The van der Waals surface area contributed by atoms with Crippen LogP contribution in [-0.4, -0.2) is 52.5 Å². The Morgan fingerprint density at radius 2 is 1.56 bits per heavy atom. The second-order valence-electron chi connectivity index (χ2n) is 10.4. The number of hydrogen-bond acceptors (Lipinski definition) is 7. The lowest BCUT2D eigenvalue weighted by Crippen LogP contribution is -2.41. The normalized spacial score (nSPS) is 16.9. The van der Waals surface area contributed by atoms with Gasteiger partial charge in [-0.1, -0.05) is 95.6 Å². The lowest BCUT2D eigenvalue weighted by Gasteiger charge is -2.33. The molecule has 3 heterocycles. The Hall–Kier alpha value is -2.15. The molecule has 3 rings (SSSR count). The number of nitriles is 1. The van der Waals surface area contributed by atoms with Crippen molar-refractivity contribution in [3.8, 4) is 6.07 Å². The van der Waals surface area contributed by atoms with Crippen molar-refractivity contribution in [3.05, 3.63) is 31.9 Å². The highest BCUT2D eigenvalue weighted by atomic mass is 32.2. The first-order valence-electron chi connectivity index (χ1n) is 14.7. The van der Waals surface area contributed by atoms with Crippen molar-refractivity contribution in [1.29, 1.82) is 5.26 Å². The van der Waals surface area contributed by atoms with Gasteiger partial charge in [-0.25, -0.2) is 0 Å². The van der Waals surface area contributed by atoms with Crippen LogP contribution in [0.1, 0.15) is 101 Å². The average Bonchev–Trinajstić information content (AvgIpc) is 3.20. The van der Waals surface area contributed by atoms with Crippen LogP contribution in [0.3, 0.4) is 0 Å². The van der Waals surface area contributed by atoms with E-state index >= 15 is 0 Å². The molecule has 2 aliphatic rings. The van der Waals surface area contributed by atoms with Crippen LogP contribution in [0.25, 0.3) is 6.08 Å². The van der Waals surface area contributed by atoms with Gasteiger partial charge in [0.05, 0.1) is 18.1 Å². The molecule has 0 unspecified atom stereocenters. The highest BCUT2D eigenvalue weighted by molar-refractivity contribution is 8.26.